The number of hydrogen-bond donors (Lipinski definition) is 0. The van der Waals surface area contributed by atoms with Crippen LogP contribution < -0.4 is 0 Å². The van der Waals surface area contributed by atoms with Gasteiger partial charge in [-0.2, -0.15) is 10.2 Å². The van der Waals surface area contributed by atoms with E-state index in [0.29, 0.717) is 0 Å². The van der Waals surface area contributed by atoms with E-state index in [1.54, 1.807) is 0 Å². The molecular formula is C10H14N4S2. The van der Waals surface area contributed by atoms with Crippen LogP contribution in [-0.2, 0) is 13.1 Å². The molecule has 0 saturated heterocycles. The van der Waals surface area contributed by atoms with Gasteiger partial charge in [0, 0.05) is 36.3 Å². The van der Waals surface area contributed by atoms with Gasteiger partial charge in [0.1, 0.15) is 0 Å². The highest BCUT2D eigenvalue weighted by Gasteiger charge is 1.94. The monoisotopic (exact) mass is 254 g/mol. The maximum Gasteiger partial charge on any atom is 0.0508 e. The fraction of sp³-hybridized carbons (Fsp3) is 0.400. The smallest absolute Gasteiger partial charge is 0.0508 e. The average Bonchev–Trinajstić information content (AvgIpc) is 2.96. The predicted molar refractivity (Wildman–Crippen MR) is 69.4 cm³/mol. The molecule has 0 bridgehead atoms. The quantitative estimate of drug-likeness (QED) is 0.560. The van der Waals surface area contributed by atoms with Gasteiger partial charge >= 0.3 is 0 Å². The molecule has 0 radical (unpaired) electrons. The molecule has 0 fully saturated rings. The lowest BCUT2D eigenvalue weighted by molar-refractivity contribution is 0.666. The van der Waals surface area contributed by atoms with Crippen molar-refractivity contribution in [2.75, 3.05) is 11.5 Å². The van der Waals surface area contributed by atoms with Crippen molar-refractivity contribution in [1.29, 1.82) is 0 Å². The Morgan fingerprint density at radius 3 is 1.69 bits per heavy atom. The third-order valence-electron chi connectivity index (χ3n) is 2.01. The molecule has 0 saturated carbocycles. The van der Waals surface area contributed by atoms with E-state index in [-0.39, 0.29) is 0 Å². The third kappa shape index (κ3) is 3.94. The van der Waals surface area contributed by atoms with Gasteiger partial charge in [0.15, 0.2) is 0 Å². The predicted octanol–water partition coefficient (Wildman–Crippen LogP) is 2.16. The van der Waals surface area contributed by atoms with Crippen molar-refractivity contribution in [2.45, 2.75) is 13.1 Å². The zero-order valence-electron chi connectivity index (χ0n) is 8.90. The van der Waals surface area contributed by atoms with Gasteiger partial charge in [-0.05, 0) is 12.1 Å². The van der Waals surface area contributed by atoms with Crippen molar-refractivity contribution in [2.24, 2.45) is 0 Å². The number of aromatic nitrogens is 4. The minimum atomic E-state index is 0.979. The standard InChI is InChI=1S/C10H14N4S2/c1-3-11-13(5-1)7-9-15-16-10-8-14-6-2-4-12-14/h1-6H,7-10H2. The summed E-state index contributed by atoms with van der Waals surface area (Å²) in [4.78, 5) is 0. The molecule has 0 unspecified atom stereocenters. The van der Waals surface area contributed by atoms with Crippen LogP contribution in [0.4, 0.5) is 0 Å². The van der Waals surface area contributed by atoms with Gasteiger partial charge in [-0.1, -0.05) is 21.6 Å². The van der Waals surface area contributed by atoms with Crippen LogP contribution in [-0.4, -0.2) is 31.1 Å². The highest BCUT2D eigenvalue weighted by molar-refractivity contribution is 8.76. The number of hydrogen-bond acceptors (Lipinski definition) is 4. The topological polar surface area (TPSA) is 35.6 Å². The SMILES string of the molecule is c1cnn(CCSSCCn2cccn2)c1. The molecule has 6 heteroatoms. The summed E-state index contributed by atoms with van der Waals surface area (Å²) in [5.74, 6) is 2.18. The number of nitrogens with zero attached hydrogens (tertiary/aromatic N) is 4. The maximum absolute atomic E-state index is 4.15. The molecule has 16 heavy (non-hydrogen) atoms. The van der Waals surface area contributed by atoms with Gasteiger partial charge in [0.25, 0.3) is 0 Å². The van der Waals surface area contributed by atoms with Crippen LogP contribution in [0.3, 0.4) is 0 Å². The first-order valence-corrected chi connectivity index (χ1v) is 7.63. The number of aryl methyl sites for hydroxylation is 2. The van der Waals surface area contributed by atoms with Crippen LogP contribution in [0.15, 0.2) is 36.9 Å². The van der Waals surface area contributed by atoms with Gasteiger partial charge in [0.2, 0.25) is 0 Å². The molecule has 0 aromatic carbocycles. The highest BCUT2D eigenvalue weighted by Crippen LogP contribution is 2.21. The van der Waals surface area contributed by atoms with Gasteiger partial charge in [-0.3, -0.25) is 9.36 Å². The van der Waals surface area contributed by atoms with Gasteiger partial charge in [-0.15, -0.1) is 0 Å². The molecule has 0 aliphatic rings. The first-order chi connectivity index (χ1) is 7.95. The lowest BCUT2D eigenvalue weighted by Crippen LogP contribution is -2.01. The van der Waals surface area contributed by atoms with Crippen LogP contribution in [0.2, 0.25) is 0 Å². The molecule has 4 nitrogen and oxygen atoms in total. The first kappa shape index (κ1) is 11.6. The Labute approximate surface area is 103 Å². The van der Waals surface area contributed by atoms with Crippen LogP contribution in [0.5, 0.6) is 0 Å². The Hall–Kier alpha value is -0.880. The minimum absolute atomic E-state index is 0.979. The largest absolute Gasteiger partial charge is 0.272 e. The second-order valence-corrected chi connectivity index (χ2v) is 5.88. The van der Waals surface area contributed by atoms with Crippen molar-refractivity contribution in [3.8, 4) is 0 Å². The molecule has 86 valence electrons. The summed E-state index contributed by atoms with van der Waals surface area (Å²) < 4.78 is 3.92. The molecular weight excluding hydrogens is 240 g/mol. The van der Waals surface area contributed by atoms with E-state index in [1.807, 2.05) is 67.9 Å². The van der Waals surface area contributed by atoms with E-state index >= 15 is 0 Å². The van der Waals surface area contributed by atoms with Crippen molar-refractivity contribution in [1.82, 2.24) is 19.6 Å². The van der Waals surface area contributed by atoms with Crippen molar-refractivity contribution < 1.29 is 0 Å². The molecule has 0 spiro atoms. The maximum atomic E-state index is 4.15. The summed E-state index contributed by atoms with van der Waals surface area (Å²) in [7, 11) is 3.78. The first-order valence-electron chi connectivity index (χ1n) is 5.14. The molecule has 2 aromatic rings. The van der Waals surface area contributed by atoms with E-state index in [0.717, 1.165) is 24.6 Å². The van der Waals surface area contributed by atoms with Crippen molar-refractivity contribution in [3.05, 3.63) is 36.9 Å². The summed E-state index contributed by atoms with van der Waals surface area (Å²) in [6.07, 6.45) is 7.62. The second kappa shape index (κ2) is 6.65. The summed E-state index contributed by atoms with van der Waals surface area (Å²) in [6.45, 7) is 1.96. The number of rotatable bonds is 7. The molecule has 2 rings (SSSR count). The molecule has 2 heterocycles. The minimum Gasteiger partial charge on any atom is -0.272 e. The van der Waals surface area contributed by atoms with Gasteiger partial charge in [0.05, 0.1) is 13.1 Å². The van der Waals surface area contributed by atoms with E-state index < -0.39 is 0 Å². The van der Waals surface area contributed by atoms with Gasteiger partial charge < -0.3 is 0 Å². The summed E-state index contributed by atoms with van der Waals surface area (Å²) in [6, 6.07) is 3.91. The van der Waals surface area contributed by atoms with Crippen LogP contribution in [0.1, 0.15) is 0 Å². The van der Waals surface area contributed by atoms with E-state index in [1.165, 1.54) is 0 Å². The van der Waals surface area contributed by atoms with Crippen molar-refractivity contribution in [3.63, 3.8) is 0 Å². The van der Waals surface area contributed by atoms with Crippen LogP contribution in [0, 0.1) is 0 Å². The Balaban J connectivity index is 1.49. The molecule has 0 amide bonds. The van der Waals surface area contributed by atoms with Crippen molar-refractivity contribution >= 4 is 21.6 Å². The highest BCUT2D eigenvalue weighted by atomic mass is 33.1. The Kier molecular flexibility index (Phi) is 4.82. The molecule has 0 aliphatic carbocycles. The zero-order chi connectivity index (χ0) is 11.1. The Morgan fingerprint density at radius 1 is 0.812 bits per heavy atom. The fourth-order valence-corrected chi connectivity index (χ4v) is 3.16. The molecule has 0 aliphatic heterocycles. The van der Waals surface area contributed by atoms with E-state index in [2.05, 4.69) is 10.2 Å². The Bertz CT molecular complexity index is 333. The fourth-order valence-electron chi connectivity index (χ4n) is 1.24. The summed E-state index contributed by atoms with van der Waals surface area (Å²) in [5.41, 5.74) is 0. The average molecular weight is 254 g/mol. The molecule has 0 N–H and O–H groups in total. The summed E-state index contributed by atoms with van der Waals surface area (Å²) in [5, 5.41) is 8.31. The zero-order valence-corrected chi connectivity index (χ0v) is 10.5. The second-order valence-electron chi connectivity index (χ2n) is 3.18. The normalized spacial score (nSPS) is 10.8. The summed E-state index contributed by atoms with van der Waals surface area (Å²) >= 11 is 0. The van der Waals surface area contributed by atoms with Gasteiger partial charge in [-0.25, -0.2) is 0 Å². The molecule has 2 aromatic heterocycles. The van der Waals surface area contributed by atoms with Crippen LogP contribution in [0.25, 0.3) is 0 Å². The van der Waals surface area contributed by atoms with E-state index in [9.17, 15) is 0 Å². The van der Waals surface area contributed by atoms with Crippen LogP contribution >= 0.6 is 21.6 Å². The molecule has 0 atom stereocenters. The lowest BCUT2D eigenvalue weighted by Gasteiger charge is -2.02. The third-order valence-corrected chi connectivity index (χ3v) is 4.37. The van der Waals surface area contributed by atoms with E-state index in [4.69, 9.17) is 0 Å². The lowest BCUT2D eigenvalue weighted by atomic mass is 10.7. The Morgan fingerprint density at radius 2 is 1.31 bits per heavy atom.